The summed E-state index contributed by atoms with van der Waals surface area (Å²) in [5.74, 6) is -0.204. The van der Waals surface area contributed by atoms with Crippen molar-refractivity contribution in [2.75, 3.05) is 5.32 Å². The molecule has 0 saturated carbocycles. The molecular formula is C16H17FN2. The molecule has 0 bridgehead atoms. The predicted molar refractivity (Wildman–Crippen MR) is 74.7 cm³/mol. The first-order valence-electron chi connectivity index (χ1n) is 6.70. The normalized spacial score (nSPS) is 17.9. The molecule has 3 heteroatoms. The van der Waals surface area contributed by atoms with E-state index in [9.17, 15) is 4.39 Å². The first-order chi connectivity index (χ1) is 9.24. The molecule has 1 aliphatic rings. The summed E-state index contributed by atoms with van der Waals surface area (Å²) < 4.78 is 13.3. The van der Waals surface area contributed by atoms with Crippen LogP contribution in [0.5, 0.6) is 0 Å². The molecule has 1 aromatic carbocycles. The summed E-state index contributed by atoms with van der Waals surface area (Å²) >= 11 is 0. The van der Waals surface area contributed by atoms with Crippen LogP contribution < -0.4 is 5.32 Å². The van der Waals surface area contributed by atoms with Gasteiger partial charge in [0.1, 0.15) is 5.82 Å². The van der Waals surface area contributed by atoms with E-state index in [1.165, 1.54) is 11.6 Å². The van der Waals surface area contributed by atoms with Crippen molar-refractivity contribution >= 4 is 5.69 Å². The minimum absolute atomic E-state index is 0.186. The van der Waals surface area contributed by atoms with E-state index in [1.54, 1.807) is 12.1 Å². The summed E-state index contributed by atoms with van der Waals surface area (Å²) in [5, 5.41) is 3.44. The van der Waals surface area contributed by atoms with Crippen LogP contribution in [-0.4, -0.2) is 4.98 Å². The summed E-state index contributed by atoms with van der Waals surface area (Å²) in [6.07, 6.45) is 5.10. The number of nitrogens with one attached hydrogen (secondary N) is 1. The number of aromatic nitrogens is 1. The summed E-state index contributed by atoms with van der Waals surface area (Å²) in [7, 11) is 0. The molecule has 1 unspecified atom stereocenters. The molecule has 2 aromatic rings. The molecule has 98 valence electrons. The highest BCUT2D eigenvalue weighted by Crippen LogP contribution is 2.31. The van der Waals surface area contributed by atoms with E-state index in [0.29, 0.717) is 0 Å². The molecule has 1 N–H and O–H groups in total. The van der Waals surface area contributed by atoms with E-state index in [1.807, 2.05) is 19.2 Å². The van der Waals surface area contributed by atoms with Gasteiger partial charge in [0.05, 0.1) is 11.7 Å². The second-order valence-electron chi connectivity index (χ2n) is 5.10. The average Bonchev–Trinajstić information content (AvgIpc) is 2.43. The number of halogens is 1. The van der Waals surface area contributed by atoms with Gasteiger partial charge in [0.25, 0.3) is 0 Å². The number of hydrogen-bond acceptors (Lipinski definition) is 2. The van der Waals surface area contributed by atoms with Gasteiger partial charge in [0, 0.05) is 11.9 Å². The summed E-state index contributed by atoms with van der Waals surface area (Å²) in [6, 6.07) is 9.16. The highest BCUT2D eigenvalue weighted by molar-refractivity contribution is 5.52. The van der Waals surface area contributed by atoms with E-state index in [-0.39, 0.29) is 11.9 Å². The molecule has 1 atom stereocenters. The van der Waals surface area contributed by atoms with Crippen molar-refractivity contribution in [1.29, 1.82) is 0 Å². The summed E-state index contributed by atoms with van der Waals surface area (Å²) in [5.41, 5.74) is 4.34. The predicted octanol–water partition coefficient (Wildman–Crippen LogP) is 4.02. The fraction of sp³-hybridized carbons (Fsp3) is 0.312. The summed E-state index contributed by atoms with van der Waals surface area (Å²) in [4.78, 5) is 4.49. The summed E-state index contributed by atoms with van der Waals surface area (Å²) in [6.45, 7) is 1.99. The SMILES string of the molecule is Cc1ccc(F)cc1NC1CCCc2cccnc21. The van der Waals surface area contributed by atoms with Crippen LogP contribution in [0, 0.1) is 12.7 Å². The molecule has 0 amide bonds. The first kappa shape index (κ1) is 12.2. The number of anilines is 1. The van der Waals surface area contributed by atoms with Crippen LogP contribution >= 0.6 is 0 Å². The number of aryl methyl sites for hydroxylation is 2. The lowest BCUT2D eigenvalue weighted by Gasteiger charge is -2.26. The van der Waals surface area contributed by atoms with Crippen molar-refractivity contribution in [2.45, 2.75) is 32.2 Å². The smallest absolute Gasteiger partial charge is 0.125 e. The molecule has 1 aliphatic carbocycles. The van der Waals surface area contributed by atoms with Gasteiger partial charge < -0.3 is 5.32 Å². The van der Waals surface area contributed by atoms with Crippen LogP contribution in [0.4, 0.5) is 10.1 Å². The molecule has 2 nitrogen and oxygen atoms in total. The molecule has 0 radical (unpaired) electrons. The van der Waals surface area contributed by atoms with Gasteiger partial charge in [0.15, 0.2) is 0 Å². The monoisotopic (exact) mass is 256 g/mol. The van der Waals surface area contributed by atoms with Gasteiger partial charge in [-0.3, -0.25) is 4.98 Å². The number of fused-ring (bicyclic) bond motifs is 1. The number of nitrogens with zero attached hydrogens (tertiary/aromatic N) is 1. The van der Waals surface area contributed by atoms with Gasteiger partial charge in [-0.05, 0) is 55.5 Å². The van der Waals surface area contributed by atoms with E-state index in [0.717, 1.165) is 36.2 Å². The zero-order valence-electron chi connectivity index (χ0n) is 11.0. The minimum Gasteiger partial charge on any atom is -0.376 e. The van der Waals surface area contributed by atoms with Crippen LogP contribution in [0.3, 0.4) is 0 Å². The topological polar surface area (TPSA) is 24.9 Å². The van der Waals surface area contributed by atoms with Crippen molar-refractivity contribution < 1.29 is 4.39 Å². The van der Waals surface area contributed by atoms with Crippen molar-refractivity contribution in [3.8, 4) is 0 Å². The number of benzene rings is 1. The Morgan fingerprint density at radius 2 is 2.21 bits per heavy atom. The standard InChI is InChI=1S/C16H17FN2/c1-11-7-8-13(17)10-15(11)19-14-6-2-4-12-5-3-9-18-16(12)14/h3,5,7-10,14,19H,2,4,6H2,1H3. The second-order valence-corrected chi connectivity index (χ2v) is 5.10. The molecule has 0 fully saturated rings. The van der Waals surface area contributed by atoms with Gasteiger partial charge >= 0.3 is 0 Å². The second kappa shape index (κ2) is 5.00. The Hall–Kier alpha value is -1.90. The Morgan fingerprint density at radius 3 is 3.11 bits per heavy atom. The Labute approximate surface area is 112 Å². The number of rotatable bonds is 2. The van der Waals surface area contributed by atoms with Gasteiger partial charge in [-0.15, -0.1) is 0 Å². The van der Waals surface area contributed by atoms with Gasteiger partial charge in [0.2, 0.25) is 0 Å². The Kier molecular flexibility index (Phi) is 3.20. The van der Waals surface area contributed by atoms with E-state index >= 15 is 0 Å². The van der Waals surface area contributed by atoms with Crippen molar-refractivity contribution in [3.05, 3.63) is 59.2 Å². The quantitative estimate of drug-likeness (QED) is 0.877. The van der Waals surface area contributed by atoms with Gasteiger partial charge in [-0.2, -0.15) is 0 Å². The number of pyridine rings is 1. The van der Waals surface area contributed by atoms with Crippen LogP contribution in [0.25, 0.3) is 0 Å². The van der Waals surface area contributed by atoms with Crippen LogP contribution in [0.2, 0.25) is 0 Å². The lowest BCUT2D eigenvalue weighted by Crippen LogP contribution is -2.19. The Bertz CT molecular complexity index is 595. The molecule has 3 rings (SSSR count). The maximum absolute atomic E-state index is 13.3. The lowest BCUT2D eigenvalue weighted by molar-refractivity contribution is 0.581. The average molecular weight is 256 g/mol. The Balaban J connectivity index is 1.90. The zero-order valence-corrected chi connectivity index (χ0v) is 11.0. The maximum atomic E-state index is 13.3. The van der Waals surface area contributed by atoms with E-state index < -0.39 is 0 Å². The highest BCUT2D eigenvalue weighted by Gasteiger charge is 2.21. The third-order valence-electron chi connectivity index (χ3n) is 3.72. The lowest BCUT2D eigenvalue weighted by atomic mass is 9.91. The van der Waals surface area contributed by atoms with Crippen LogP contribution in [0.15, 0.2) is 36.5 Å². The molecule has 0 saturated heterocycles. The molecule has 0 spiro atoms. The van der Waals surface area contributed by atoms with Crippen LogP contribution in [0.1, 0.15) is 35.7 Å². The molecular weight excluding hydrogens is 239 g/mol. The largest absolute Gasteiger partial charge is 0.376 e. The molecule has 1 aromatic heterocycles. The highest BCUT2D eigenvalue weighted by atomic mass is 19.1. The zero-order chi connectivity index (χ0) is 13.2. The van der Waals surface area contributed by atoms with Crippen molar-refractivity contribution in [3.63, 3.8) is 0 Å². The Morgan fingerprint density at radius 1 is 1.32 bits per heavy atom. The van der Waals surface area contributed by atoms with Crippen molar-refractivity contribution in [1.82, 2.24) is 4.98 Å². The third-order valence-corrected chi connectivity index (χ3v) is 3.72. The first-order valence-corrected chi connectivity index (χ1v) is 6.70. The van der Waals surface area contributed by atoms with E-state index in [4.69, 9.17) is 0 Å². The number of hydrogen-bond donors (Lipinski definition) is 1. The van der Waals surface area contributed by atoms with Crippen LogP contribution in [-0.2, 0) is 6.42 Å². The van der Waals surface area contributed by atoms with Gasteiger partial charge in [-0.1, -0.05) is 12.1 Å². The van der Waals surface area contributed by atoms with Gasteiger partial charge in [-0.25, -0.2) is 4.39 Å². The molecule has 0 aliphatic heterocycles. The maximum Gasteiger partial charge on any atom is 0.125 e. The van der Waals surface area contributed by atoms with E-state index in [2.05, 4.69) is 16.4 Å². The minimum atomic E-state index is -0.204. The third kappa shape index (κ3) is 2.46. The molecule has 1 heterocycles. The molecule has 19 heavy (non-hydrogen) atoms. The fourth-order valence-corrected chi connectivity index (χ4v) is 2.69. The fourth-order valence-electron chi connectivity index (χ4n) is 2.69. The van der Waals surface area contributed by atoms with Crippen molar-refractivity contribution in [2.24, 2.45) is 0 Å².